The van der Waals surface area contributed by atoms with E-state index in [4.69, 9.17) is 5.21 Å². The van der Waals surface area contributed by atoms with E-state index in [2.05, 4.69) is 42.2 Å². The molecule has 0 bridgehead atoms. The number of likely N-dealkylation sites (tertiary alicyclic amines) is 1. The van der Waals surface area contributed by atoms with Gasteiger partial charge in [0.1, 0.15) is 0 Å². The Hall–Kier alpha value is -2.17. The molecule has 1 amide bonds. The summed E-state index contributed by atoms with van der Waals surface area (Å²) in [6.45, 7) is 5.47. The molecule has 2 aromatic rings. The molecule has 1 fully saturated rings. The van der Waals surface area contributed by atoms with Crippen molar-refractivity contribution in [3.05, 3.63) is 70.3 Å². The van der Waals surface area contributed by atoms with Crippen LogP contribution in [0.2, 0.25) is 0 Å². The summed E-state index contributed by atoms with van der Waals surface area (Å²) in [7, 11) is 0. The quantitative estimate of drug-likeness (QED) is 0.658. The van der Waals surface area contributed by atoms with Gasteiger partial charge in [0.2, 0.25) is 0 Å². The molecule has 4 rings (SSSR count). The Balaban J connectivity index is 1.45. The maximum absolute atomic E-state index is 11.6. The highest BCUT2D eigenvalue weighted by atomic mass is 16.5. The standard InChI is InChI=1S/C22H26N2O2/c1-16-2-4-17(5-3-16)14-24-11-10-22(15-24)9-8-18-12-19(21(25)23-26)6-7-20(18)13-22/h2-7,12,26H,8-11,13-15H2,1H3,(H,23,25). The normalized spacial score (nSPS) is 22.4. The number of rotatable bonds is 3. The minimum absolute atomic E-state index is 0.373. The van der Waals surface area contributed by atoms with E-state index < -0.39 is 5.91 Å². The van der Waals surface area contributed by atoms with E-state index in [1.165, 1.54) is 35.1 Å². The van der Waals surface area contributed by atoms with Crippen molar-refractivity contribution in [1.29, 1.82) is 0 Å². The van der Waals surface area contributed by atoms with Crippen LogP contribution in [-0.2, 0) is 19.4 Å². The number of hydroxylamine groups is 1. The molecule has 1 aliphatic carbocycles. The number of nitrogens with zero attached hydrogens (tertiary/aromatic N) is 1. The third kappa shape index (κ3) is 3.39. The van der Waals surface area contributed by atoms with Crippen LogP contribution in [0.5, 0.6) is 0 Å². The zero-order valence-corrected chi connectivity index (χ0v) is 15.3. The molecule has 4 heteroatoms. The lowest BCUT2D eigenvalue weighted by Crippen LogP contribution is -2.33. The largest absolute Gasteiger partial charge is 0.298 e. The molecule has 136 valence electrons. The molecular weight excluding hydrogens is 324 g/mol. The first-order valence-corrected chi connectivity index (χ1v) is 9.41. The molecule has 1 unspecified atom stereocenters. The third-order valence-electron chi connectivity index (χ3n) is 6.10. The van der Waals surface area contributed by atoms with Crippen LogP contribution in [0, 0.1) is 12.3 Å². The van der Waals surface area contributed by atoms with Crippen molar-refractivity contribution >= 4 is 5.91 Å². The zero-order chi connectivity index (χ0) is 18.1. The molecule has 0 aromatic heterocycles. The topological polar surface area (TPSA) is 52.6 Å². The van der Waals surface area contributed by atoms with Gasteiger partial charge >= 0.3 is 0 Å². The molecule has 2 N–H and O–H groups in total. The van der Waals surface area contributed by atoms with Gasteiger partial charge in [0.25, 0.3) is 5.91 Å². The summed E-state index contributed by atoms with van der Waals surface area (Å²) in [6, 6.07) is 14.7. The van der Waals surface area contributed by atoms with Crippen LogP contribution in [0.15, 0.2) is 42.5 Å². The second kappa shape index (κ2) is 6.86. The van der Waals surface area contributed by atoms with Crippen LogP contribution >= 0.6 is 0 Å². The minimum Gasteiger partial charge on any atom is -0.298 e. The van der Waals surface area contributed by atoms with E-state index in [1.54, 1.807) is 5.48 Å². The monoisotopic (exact) mass is 350 g/mol. The molecule has 1 saturated heterocycles. The molecule has 1 spiro atoms. The first-order valence-electron chi connectivity index (χ1n) is 9.41. The number of carbonyl (C=O) groups is 1. The van der Waals surface area contributed by atoms with Gasteiger partial charge in [-0.25, -0.2) is 5.48 Å². The Morgan fingerprint density at radius 2 is 1.96 bits per heavy atom. The van der Waals surface area contributed by atoms with Gasteiger partial charge < -0.3 is 0 Å². The summed E-state index contributed by atoms with van der Waals surface area (Å²) in [6.07, 6.45) is 4.53. The number of hydrogen-bond acceptors (Lipinski definition) is 3. The molecule has 0 radical (unpaired) electrons. The molecule has 0 saturated carbocycles. The maximum atomic E-state index is 11.6. The zero-order valence-electron chi connectivity index (χ0n) is 15.3. The van der Waals surface area contributed by atoms with Crippen LogP contribution in [0.4, 0.5) is 0 Å². The highest BCUT2D eigenvalue weighted by Crippen LogP contribution is 2.43. The molecule has 2 aliphatic rings. The molecule has 1 aliphatic heterocycles. The molecule has 2 aromatic carbocycles. The lowest BCUT2D eigenvalue weighted by molar-refractivity contribution is 0.0706. The van der Waals surface area contributed by atoms with Crippen molar-refractivity contribution in [2.75, 3.05) is 13.1 Å². The number of hydrogen-bond donors (Lipinski definition) is 2. The van der Waals surface area contributed by atoms with E-state index in [0.717, 1.165) is 32.5 Å². The predicted molar refractivity (Wildman–Crippen MR) is 101 cm³/mol. The van der Waals surface area contributed by atoms with E-state index >= 15 is 0 Å². The summed E-state index contributed by atoms with van der Waals surface area (Å²) >= 11 is 0. The first kappa shape index (κ1) is 17.3. The number of nitrogens with one attached hydrogen (secondary N) is 1. The van der Waals surface area contributed by atoms with Gasteiger partial charge in [0.15, 0.2) is 0 Å². The van der Waals surface area contributed by atoms with Crippen molar-refractivity contribution < 1.29 is 10.0 Å². The van der Waals surface area contributed by atoms with E-state index in [0.29, 0.717) is 11.0 Å². The van der Waals surface area contributed by atoms with Crippen LogP contribution in [0.25, 0.3) is 0 Å². The maximum Gasteiger partial charge on any atom is 0.274 e. The lowest BCUT2D eigenvalue weighted by Gasteiger charge is -2.35. The summed E-state index contributed by atoms with van der Waals surface area (Å²) in [5.41, 5.74) is 7.96. The molecule has 1 atom stereocenters. The number of fused-ring (bicyclic) bond motifs is 1. The molecule has 1 heterocycles. The fourth-order valence-corrected chi connectivity index (χ4v) is 4.59. The smallest absolute Gasteiger partial charge is 0.274 e. The third-order valence-corrected chi connectivity index (χ3v) is 6.10. The Morgan fingerprint density at radius 3 is 2.73 bits per heavy atom. The Labute approximate surface area is 154 Å². The fourth-order valence-electron chi connectivity index (χ4n) is 4.59. The van der Waals surface area contributed by atoms with Gasteiger partial charge in [-0.3, -0.25) is 14.9 Å². The van der Waals surface area contributed by atoms with E-state index in [-0.39, 0.29) is 0 Å². The van der Waals surface area contributed by atoms with Crippen molar-refractivity contribution in [3.8, 4) is 0 Å². The number of carbonyl (C=O) groups excluding carboxylic acids is 1. The van der Waals surface area contributed by atoms with Gasteiger partial charge in [-0.15, -0.1) is 0 Å². The van der Waals surface area contributed by atoms with E-state index in [1.807, 2.05) is 12.1 Å². The average Bonchev–Trinajstić information content (AvgIpc) is 3.04. The van der Waals surface area contributed by atoms with E-state index in [9.17, 15) is 4.79 Å². The summed E-state index contributed by atoms with van der Waals surface area (Å²) in [5, 5.41) is 8.82. The van der Waals surface area contributed by atoms with Gasteiger partial charge in [-0.05, 0) is 73.4 Å². The predicted octanol–water partition coefficient (Wildman–Crippen LogP) is 3.50. The Bertz CT molecular complexity index is 815. The van der Waals surface area contributed by atoms with Gasteiger partial charge in [0, 0.05) is 18.7 Å². The summed E-state index contributed by atoms with van der Waals surface area (Å²) in [5.74, 6) is -0.432. The first-order chi connectivity index (χ1) is 12.6. The Morgan fingerprint density at radius 1 is 1.15 bits per heavy atom. The second-order valence-corrected chi connectivity index (χ2v) is 8.05. The van der Waals surface area contributed by atoms with Crippen molar-refractivity contribution in [3.63, 3.8) is 0 Å². The van der Waals surface area contributed by atoms with Crippen molar-refractivity contribution in [2.45, 2.75) is 39.2 Å². The highest BCUT2D eigenvalue weighted by molar-refractivity contribution is 5.93. The second-order valence-electron chi connectivity index (χ2n) is 8.05. The SMILES string of the molecule is Cc1ccc(CN2CCC3(CCc4cc(C(=O)NO)ccc4C3)C2)cc1. The Kier molecular flexibility index (Phi) is 4.55. The molecule has 4 nitrogen and oxygen atoms in total. The molecular formula is C22H26N2O2. The van der Waals surface area contributed by atoms with Gasteiger partial charge in [-0.2, -0.15) is 0 Å². The van der Waals surface area contributed by atoms with Crippen LogP contribution in [0.1, 0.15) is 45.5 Å². The van der Waals surface area contributed by atoms with Crippen molar-refractivity contribution in [2.24, 2.45) is 5.41 Å². The average molecular weight is 350 g/mol. The minimum atomic E-state index is -0.432. The summed E-state index contributed by atoms with van der Waals surface area (Å²) < 4.78 is 0. The van der Waals surface area contributed by atoms with Crippen molar-refractivity contribution in [1.82, 2.24) is 10.4 Å². The number of aryl methyl sites for hydroxylation is 2. The van der Waals surface area contributed by atoms with Crippen LogP contribution in [0.3, 0.4) is 0 Å². The van der Waals surface area contributed by atoms with Crippen LogP contribution < -0.4 is 5.48 Å². The van der Waals surface area contributed by atoms with Gasteiger partial charge in [0.05, 0.1) is 0 Å². The van der Waals surface area contributed by atoms with Crippen LogP contribution in [-0.4, -0.2) is 29.1 Å². The number of benzene rings is 2. The number of amides is 1. The highest BCUT2D eigenvalue weighted by Gasteiger charge is 2.40. The fraction of sp³-hybridized carbons (Fsp3) is 0.409. The van der Waals surface area contributed by atoms with Gasteiger partial charge in [-0.1, -0.05) is 35.9 Å². The summed E-state index contributed by atoms with van der Waals surface area (Å²) in [4.78, 5) is 14.2. The molecule has 26 heavy (non-hydrogen) atoms. The lowest BCUT2D eigenvalue weighted by atomic mass is 9.71.